The minimum atomic E-state index is -0.620. The first-order valence-electron chi connectivity index (χ1n) is 12.9. The zero-order valence-corrected chi connectivity index (χ0v) is 23.0. The molecular weight excluding hydrogens is 560 g/mol. The van der Waals surface area contributed by atoms with Crippen molar-refractivity contribution in [3.8, 4) is 34.5 Å². The van der Waals surface area contributed by atoms with Crippen molar-refractivity contribution in [2.75, 3.05) is 36.6 Å². The molecule has 0 aromatic heterocycles. The van der Waals surface area contributed by atoms with E-state index in [-0.39, 0.29) is 36.3 Å². The van der Waals surface area contributed by atoms with Crippen LogP contribution in [0.4, 0.5) is 22.7 Å². The molecule has 1 amide bonds. The van der Waals surface area contributed by atoms with Gasteiger partial charge in [-0.25, -0.2) is 4.79 Å². The van der Waals surface area contributed by atoms with E-state index in [9.17, 15) is 19.7 Å². The van der Waals surface area contributed by atoms with E-state index in [0.29, 0.717) is 40.1 Å². The third-order valence-corrected chi connectivity index (χ3v) is 5.66. The third-order valence-electron chi connectivity index (χ3n) is 5.66. The van der Waals surface area contributed by atoms with E-state index in [1.54, 1.807) is 61.5 Å². The number of fused-ring (bicyclic) bond motifs is 1. The molecule has 0 fully saturated rings. The summed E-state index contributed by atoms with van der Waals surface area (Å²) in [5.74, 6) is 1.60. The molecule has 0 saturated carbocycles. The number of nitro groups is 1. The van der Waals surface area contributed by atoms with Gasteiger partial charge in [0, 0.05) is 18.2 Å². The van der Waals surface area contributed by atoms with Crippen molar-refractivity contribution in [1.82, 2.24) is 0 Å². The van der Waals surface area contributed by atoms with E-state index in [2.05, 4.69) is 5.32 Å². The van der Waals surface area contributed by atoms with Crippen LogP contribution < -0.4 is 35.7 Å². The summed E-state index contributed by atoms with van der Waals surface area (Å²) >= 11 is 0. The second-order valence-corrected chi connectivity index (χ2v) is 8.75. The van der Waals surface area contributed by atoms with Crippen molar-refractivity contribution in [2.45, 2.75) is 6.92 Å². The first-order chi connectivity index (χ1) is 20.7. The molecule has 1 aliphatic heterocycles. The predicted molar refractivity (Wildman–Crippen MR) is 158 cm³/mol. The van der Waals surface area contributed by atoms with Gasteiger partial charge in [0.2, 0.25) is 5.75 Å². The predicted octanol–water partition coefficient (Wildman–Crippen LogP) is 5.30. The number of carbonyl (C=O) groups excluding carboxylic acids is 2. The first kappa shape index (κ1) is 30.0. The molecule has 0 radical (unpaired) electrons. The minimum Gasteiger partial charge on any atom is -0.481 e. The van der Waals surface area contributed by atoms with E-state index >= 15 is 0 Å². The lowest BCUT2D eigenvalue weighted by molar-refractivity contribution is -0.385. The molecule has 4 aromatic rings. The fourth-order valence-corrected chi connectivity index (χ4v) is 3.68. The molecule has 13 nitrogen and oxygen atoms in total. The number of nitro benzene ring substituents is 1. The van der Waals surface area contributed by atoms with Crippen LogP contribution in [0.3, 0.4) is 0 Å². The van der Waals surface area contributed by atoms with Gasteiger partial charge in [0.25, 0.3) is 5.91 Å². The minimum absolute atomic E-state index is 0.0178. The number of ether oxygens (including phenoxy) is 5. The molecule has 1 heterocycles. The van der Waals surface area contributed by atoms with E-state index in [0.717, 1.165) is 0 Å². The molecule has 0 aliphatic carbocycles. The number of nitrogens with zero attached hydrogens (tertiary/aromatic N) is 1. The van der Waals surface area contributed by atoms with Crippen molar-refractivity contribution < 1.29 is 38.2 Å². The lowest BCUT2D eigenvalue weighted by Crippen LogP contribution is -2.25. The van der Waals surface area contributed by atoms with Crippen molar-refractivity contribution >= 4 is 34.6 Å². The van der Waals surface area contributed by atoms with Gasteiger partial charge in [0.05, 0.1) is 28.6 Å². The highest BCUT2D eigenvalue weighted by Crippen LogP contribution is 2.36. The molecule has 5 rings (SSSR count). The summed E-state index contributed by atoms with van der Waals surface area (Å²) in [6.45, 7) is 1.43. The molecule has 13 heteroatoms. The number of nitrogens with one attached hydrogen (secondary N) is 1. The largest absolute Gasteiger partial charge is 0.481 e. The van der Waals surface area contributed by atoms with Crippen LogP contribution in [0.2, 0.25) is 0 Å². The van der Waals surface area contributed by atoms with Gasteiger partial charge in [-0.3, -0.25) is 14.9 Å². The third kappa shape index (κ3) is 8.27. The maximum atomic E-state index is 11.4. The quantitative estimate of drug-likeness (QED) is 0.0995. The normalized spacial score (nSPS) is 11.4. The van der Waals surface area contributed by atoms with Crippen LogP contribution in [-0.2, 0) is 14.3 Å². The molecule has 0 saturated heterocycles. The monoisotopic (exact) mass is 588 g/mol. The molecule has 43 heavy (non-hydrogen) atoms. The van der Waals surface area contributed by atoms with Crippen LogP contribution in [0.15, 0.2) is 84.9 Å². The highest BCUT2D eigenvalue weighted by molar-refractivity contribution is 5.95. The Balaban J connectivity index is 0.000000202. The van der Waals surface area contributed by atoms with Crippen LogP contribution in [-0.4, -0.2) is 36.6 Å². The number of rotatable bonds is 9. The van der Waals surface area contributed by atoms with Crippen LogP contribution in [0.25, 0.3) is 0 Å². The van der Waals surface area contributed by atoms with Crippen LogP contribution in [0.5, 0.6) is 34.5 Å². The zero-order chi connectivity index (χ0) is 30.8. The Labute approximate surface area is 246 Å². The smallest absolute Gasteiger partial charge is 0.344 e. The summed E-state index contributed by atoms with van der Waals surface area (Å²) in [6, 6.07) is 23.3. The Morgan fingerprint density at radius 2 is 1.51 bits per heavy atom. The summed E-state index contributed by atoms with van der Waals surface area (Å²) in [4.78, 5) is 33.0. The lowest BCUT2D eigenvalue weighted by atomic mass is 10.2. The average molecular weight is 589 g/mol. The summed E-state index contributed by atoms with van der Waals surface area (Å²) in [5, 5.41) is 13.8. The molecule has 0 atom stereocenters. The van der Waals surface area contributed by atoms with Crippen molar-refractivity contribution in [1.29, 1.82) is 0 Å². The molecule has 0 unspecified atom stereocenters. The van der Waals surface area contributed by atoms with Crippen molar-refractivity contribution in [3.63, 3.8) is 0 Å². The number of hydrogen-bond donors (Lipinski definition) is 3. The first-order valence-corrected chi connectivity index (χ1v) is 12.9. The average Bonchev–Trinajstić information content (AvgIpc) is 2.99. The Morgan fingerprint density at radius 3 is 2.12 bits per heavy atom. The highest BCUT2D eigenvalue weighted by atomic mass is 16.6. The molecule has 0 spiro atoms. The molecule has 0 bridgehead atoms. The lowest BCUT2D eigenvalue weighted by Gasteiger charge is -2.18. The van der Waals surface area contributed by atoms with Crippen LogP contribution in [0, 0.1) is 10.1 Å². The number of amides is 1. The maximum absolute atomic E-state index is 11.4. The standard InChI is InChI=1S/C16H16N2O6.C14H12N2O3/c1-2-22-16(19)10-23-15-9-11(7-8-13(15)18(20)21)24-14-6-4-3-5-12(14)17;15-10-3-1-2-4-12(10)19-9-5-6-11-13(7-9)18-8-14(17)16-11/h3-9H,2,10,17H2,1H3;1-7H,8,15H2,(H,16,17). The number of para-hydroxylation sites is 4. The van der Waals surface area contributed by atoms with Crippen LogP contribution >= 0.6 is 0 Å². The number of carbonyl (C=O) groups is 2. The number of anilines is 3. The fraction of sp³-hybridized carbons (Fsp3) is 0.133. The molecule has 222 valence electrons. The number of nitrogen functional groups attached to an aromatic ring is 2. The molecule has 5 N–H and O–H groups in total. The van der Waals surface area contributed by atoms with E-state index in [1.807, 2.05) is 12.1 Å². The second kappa shape index (κ2) is 14.1. The topological polar surface area (TPSA) is 188 Å². The summed E-state index contributed by atoms with van der Waals surface area (Å²) in [7, 11) is 0. The van der Waals surface area contributed by atoms with Crippen LogP contribution in [0.1, 0.15) is 6.92 Å². The highest BCUT2D eigenvalue weighted by Gasteiger charge is 2.19. The van der Waals surface area contributed by atoms with Gasteiger partial charge in [-0.1, -0.05) is 24.3 Å². The van der Waals surface area contributed by atoms with E-state index < -0.39 is 17.5 Å². The SMILES string of the molecule is CCOC(=O)COc1cc(Oc2ccccc2N)ccc1[N+](=O)[O-].Nc1ccccc1Oc1ccc2c(c1)OCC(=O)N2. The number of nitrogens with two attached hydrogens (primary N) is 2. The number of esters is 1. The fourth-order valence-electron chi connectivity index (χ4n) is 3.68. The summed E-state index contributed by atoms with van der Waals surface area (Å²) in [5.41, 5.74) is 12.9. The van der Waals surface area contributed by atoms with Gasteiger partial charge >= 0.3 is 11.7 Å². The molecule has 1 aliphatic rings. The number of hydrogen-bond acceptors (Lipinski definition) is 11. The van der Waals surface area contributed by atoms with Gasteiger partial charge in [0.1, 0.15) is 28.7 Å². The van der Waals surface area contributed by atoms with E-state index in [1.165, 1.54) is 18.2 Å². The van der Waals surface area contributed by atoms with Gasteiger partial charge in [-0.15, -0.1) is 0 Å². The van der Waals surface area contributed by atoms with Gasteiger partial charge in [-0.2, -0.15) is 0 Å². The van der Waals surface area contributed by atoms with E-state index in [4.69, 9.17) is 35.2 Å². The number of benzene rings is 4. The Morgan fingerprint density at radius 1 is 0.907 bits per heavy atom. The summed E-state index contributed by atoms with van der Waals surface area (Å²) in [6.07, 6.45) is 0. The maximum Gasteiger partial charge on any atom is 0.344 e. The van der Waals surface area contributed by atoms with Gasteiger partial charge in [0.15, 0.2) is 13.2 Å². The second-order valence-electron chi connectivity index (χ2n) is 8.75. The Bertz CT molecular complexity index is 1630. The van der Waals surface area contributed by atoms with Gasteiger partial charge < -0.3 is 40.5 Å². The Kier molecular flexibility index (Phi) is 9.82. The summed E-state index contributed by atoms with van der Waals surface area (Å²) < 4.78 is 26.5. The zero-order valence-electron chi connectivity index (χ0n) is 23.0. The van der Waals surface area contributed by atoms with Crippen molar-refractivity contribution in [3.05, 3.63) is 95.0 Å². The van der Waals surface area contributed by atoms with Crippen molar-refractivity contribution in [2.24, 2.45) is 0 Å². The Hall–Kier alpha value is -5.98. The molecule has 4 aromatic carbocycles. The van der Waals surface area contributed by atoms with Gasteiger partial charge in [-0.05, 0) is 49.4 Å². The molecular formula is C30H28N4O9.